The molecule has 0 saturated carbocycles. The highest BCUT2D eigenvalue weighted by Crippen LogP contribution is 2.33. The molecule has 0 heterocycles. The zero-order valence-electron chi connectivity index (χ0n) is 19.8. The second-order valence-electron chi connectivity index (χ2n) is 8.13. The van der Waals surface area contributed by atoms with Gasteiger partial charge in [-0.15, -0.1) is 0 Å². The topological polar surface area (TPSA) is 88.1 Å². The molecular formula is C27H23Cl2N3O4S. The standard InChI is InChI=1S/C27H23Cl2N3O4S/c1-37(34,35)32(25-11-5-10-24(28)27(25)29)17-26(33)31-30-16-19-12-14-22(15-13-19)36-18-21-8-4-7-20-6-2-3-9-23(20)21/h2-16H,17-18H2,1H3,(H,31,33)/b30-16-. The molecule has 0 aromatic heterocycles. The lowest BCUT2D eigenvalue weighted by Gasteiger charge is -2.22. The molecule has 0 radical (unpaired) electrons. The lowest BCUT2D eigenvalue weighted by atomic mass is 10.1. The van der Waals surface area contributed by atoms with Gasteiger partial charge in [-0.2, -0.15) is 5.10 Å². The second-order valence-corrected chi connectivity index (χ2v) is 10.8. The molecule has 4 aromatic rings. The van der Waals surface area contributed by atoms with E-state index in [1.165, 1.54) is 18.3 Å². The summed E-state index contributed by atoms with van der Waals surface area (Å²) < 4.78 is 31.3. The second kappa shape index (κ2) is 11.6. The van der Waals surface area contributed by atoms with Gasteiger partial charge in [0.15, 0.2) is 0 Å². The van der Waals surface area contributed by atoms with Crippen molar-refractivity contribution in [2.45, 2.75) is 6.61 Å². The van der Waals surface area contributed by atoms with Crippen LogP contribution in [0.5, 0.6) is 5.75 Å². The van der Waals surface area contributed by atoms with Crippen LogP contribution in [0.3, 0.4) is 0 Å². The molecule has 4 rings (SSSR count). The number of fused-ring (bicyclic) bond motifs is 1. The van der Waals surface area contributed by atoms with Gasteiger partial charge in [0.2, 0.25) is 10.0 Å². The van der Waals surface area contributed by atoms with Gasteiger partial charge in [-0.1, -0.05) is 71.7 Å². The van der Waals surface area contributed by atoms with Crippen LogP contribution in [0.1, 0.15) is 11.1 Å². The van der Waals surface area contributed by atoms with Crippen molar-refractivity contribution in [3.63, 3.8) is 0 Å². The van der Waals surface area contributed by atoms with Crippen LogP contribution in [0.4, 0.5) is 5.69 Å². The molecule has 0 aliphatic carbocycles. The van der Waals surface area contributed by atoms with Crippen LogP contribution in [0.15, 0.2) is 90.0 Å². The van der Waals surface area contributed by atoms with Crippen molar-refractivity contribution in [3.05, 3.63) is 106 Å². The maximum Gasteiger partial charge on any atom is 0.260 e. The maximum absolute atomic E-state index is 12.4. The highest BCUT2D eigenvalue weighted by molar-refractivity contribution is 7.92. The van der Waals surface area contributed by atoms with Crippen LogP contribution in [0.25, 0.3) is 10.8 Å². The first-order valence-corrected chi connectivity index (χ1v) is 13.8. The van der Waals surface area contributed by atoms with Gasteiger partial charge in [0.05, 0.1) is 28.2 Å². The number of hydrogen-bond donors (Lipinski definition) is 1. The molecule has 7 nitrogen and oxygen atoms in total. The summed E-state index contributed by atoms with van der Waals surface area (Å²) in [4.78, 5) is 12.4. The number of halogens is 2. The Bertz CT molecular complexity index is 1550. The molecule has 4 aromatic carbocycles. The molecule has 0 unspecified atom stereocenters. The molecule has 0 atom stereocenters. The van der Waals surface area contributed by atoms with Gasteiger partial charge in [-0.3, -0.25) is 9.10 Å². The third kappa shape index (κ3) is 6.80. The van der Waals surface area contributed by atoms with E-state index in [0.29, 0.717) is 12.4 Å². The Morgan fingerprint density at radius 1 is 0.973 bits per heavy atom. The number of anilines is 1. The fourth-order valence-electron chi connectivity index (χ4n) is 3.64. The van der Waals surface area contributed by atoms with Crippen molar-refractivity contribution in [2.24, 2.45) is 5.10 Å². The molecule has 1 amide bonds. The first-order valence-electron chi connectivity index (χ1n) is 11.2. The molecule has 190 valence electrons. The molecule has 10 heteroatoms. The van der Waals surface area contributed by atoms with Crippen LogP contribution < -0.4 is 14.5 Å². The van der Waals surface area contributed by atoms with Crippen LogP contribution in [0, 0.1) is 0 Å². The molecule has 0 bridgehead atoms. The Balaban J connectivity index is 1.35. The largest absolute Gasteiger partial charge is 0.489 e. The fraction of sp³-hybridized carbons (Fsp3) is 0.111. The molecule has 0 fully saturated rings. The van der Waals surface area contributed by atoms with Crippen molar-refractivity contribution in [1.29, 1.82) is 0 Å². The van der Waals surface area contributed by atoms with Gasteiger partial charge in [-0.05, 0) is 58.3 Å². The van der Waals surface area contributed by atoms with E-state index < -0.39 is 22.5 Å². The molecule has 0 spiro atoms. The minimum absolute atomic E-state index is 0.0358. The number of benzene rings is 4. The first kappa shape index (κ1) is 26.5. The number of ether oxygens (including phenoxy) is 1. The summed E-state index contributed by atoms with van der Waals surface area (Å²) in [5.41, 5.74) is 4.25. The summed E-state index contributed by atoms with van der Waals surface area (Å²) in [6, 6.07) is 26.0. The monoisotopic (exact) mass is 555 g/mol. The minimum atomic E-state index is -3.81. The molecule has 0 saturated heterocycles. The Labute approximate surface area is 225 Å². The van der Waals surface area contributed by atoms with Crippen molar-refractivity contribution >= 4 is 61.8 Å². The first-order chi connectivity index (χ1) is 17.7. The number of carbonyl (C=O) groups excluding carboxylic acids is 1. The van der Waals surface area contributed by atoms with Crippen molar-refractivity contribution < 1.29 is 17.9 Å². The highest BCUT2D eigenvalue weighted by Gasteiger charge is 2.23. The van der Waals surface area contributed by atoms with Crippen LogP contribution in [0.2, 0.25) is 10.0 Å². The predicted octanol–water partition coefficient (Wildman–Crippen LogP) is 5.64. The lowest BCUT2D eigenvalue weighted by Crippen LogP contribution is -2.39. The van der Waals surface area contributed by atoms with E-state index >= 15 is 0 Å². The summed E-state index contributed by atoms with van der Waals surface area (Å²) in [5.74, 6) is 0.0454. The summed E-state index contributed by atoms with van der Waals surface area (Å²) in [6.07, 6.45) is 2.42. The van der Waals surface area contributed by atoms with Gasteiger partial charge >= 0.3 is 0 Å². The van der Waals surface area contributed by atoms with E-state index in [1.54, 1.807) is 30.3 Å². The molecule has 0 aliphatic heterocycles. The van der Waals surface area contributed by atoms with Crippen LogP contribution in [-0.2, 0) is 21.4 Å². The molecular weight excluding hydrogens is 533 g/mol. The number of nitrogens with one attached hydrogen (secondary N) is 1. The number of hydrogen-bond acceptors (Lipinski definition) is 5. The Morgan fingerprint density at radius 3 is 2.43 bits per heavy atom. The lowest BCUT2D eigenvalue weighted by molar-refractivity contribution is -0.119. The zero-order chi connectivity index (χ0) is 26.4. The van der Waals surface area contributed by atoms with E-state index in [1.807, 2.05) is 24.3 Å². The van der Waals surface area contributed by atoms with E-state index in [0.717, 1.165) is 32.5 Å². The summed E-state index contributed by atoms with van der Waals surface area (Å²) >= 11 is 12.1. The van der Waals surface area contributed by atoms with Gasteiger partial charge in [-0.25, -0.2) is 13.8 Å². The van der Waals surface area contributed by atoms with Gasteiger partial charge < -0.3 is 4.74 Å². The van der Waals surface area contributed by atoms with E-state index in [-0.39, 0.29) is 15.7 Å². The Morgan fingerprint density at radius 2 is 1.68 bits per heavy atom. The van der Waals surface area contributed by atoms with E-state index in [9.17, 15) is 13.2 Å². The molecule has 1 N–H and O–H groups in total. The Kier molecular flexibility index (Phi) is 8.33. The van der Waals surface area contributed by atoms with E-state index in [2.05, 4.69) is 28.7 Å². The number of carbonyl (C=O) groups is 1. The minimum Gasteiger partial charge on any atom is -0.489 e. The average Bonchev–Trinajstić information content (AvgIpc) is 2.88. The van der Waals surface area contributed by atoms with Crippen molar-refractivity contribution in [3.8, 4) is 5.75 Å². The third-order valence-corrected chi connectivity index (χ3v) is 7.38. The number of nitrogens with zero attached hydrogens (tertiary/aromatic N) is 2. The van der Waals surface area contributed by atoms with Crippen LogP contribution >= 0.6 is 23.2 Å². The summed E-state index contributed by atoms with van der Waals surface area (Å²) in [7, 11) is -3.81. The van der Waals surface area contributed by atoms with Crippen molar-refractivity contribution in [1.82, 2.24) is 5.43 Å². The van der Waals surface area contributed by atoms with Gasteiger partial charge in [0.25, 0.3) is 5.91 Å². The van der Waals surface area contributed by atoms with Gasteiger partial charge in [0, 0.05) is 0 Å². The fourth-order valence-corrected chi connectivity index (χ4v) is 4.95. The van der Waals surface area contributed by atoms with Gasteiger partial charge in [0.1, 0.15) is 18.9 Å². The summed E-state index contributed by atoms with van der Waals surface area (Å²) in [5, 5.41) is 6.44. The number of sulfonamides is 1. The van der Waals surface area contributed by atoms with Crippen LogP contribution in [-0.4, -0.2) is 33.3 Å². The maximum atomic E-state index is 12.4. The smallest absolute Gasteiger partial charge is 0.260 e. The molecule has 37 heavy (non-hydrogen) atoms. The highest BCUT2D eigenvalue weighted by atomic mass is 35.5. The predicted molar refractivity (Wildman–Crippen MR) is 149 cm³/mol. The third-order valence-electron chi connectivity index (χ3n) is 5.44. The van der Waals surface area contributed by atoms with Crippen molar-refractivity contribution in [2.75, 3.05) is 17.1 Å². The number of hydrazone groups is 1. The average molecular weight is 556 g/mol. The zero-order valence-corrected chi connectivity index (χ0v) is 22.1. The normalized spacial score (nSPS) is 11.5. The summed E-state index contributed by atoms with van der Waals surface area (Å²) in [6.45, 7) is -0.0878. The molecule has 0 aliphatic rings. The number of rotatable bonds is 9. The quantitative estimate of drug-likeness (QED) is 0.214. The van der Waals surface area contributed by atoms with E-state index in [4.69, 9.17) is 27.9 Å². The Hall–Kier alpha value is -3.59. The number of amides is 1. The SMILES string of the molecule is CS(=O)(=O)N(CC(=O)N/N=C\c1ccc(OCc2cccc3ccccc23)cc1)c1cccc(Cl)c1Cl.